The maximum Gasteiger partial charge on any atom is 0.177 e. The van der Waals surface area contributed by atoms with Gasteiger partial charge in [0.25, 0.3) is 0 Å². The first-order valence-corrected chi connectivity index (χ1v) is 7.20. The fourth-order valence-corrected chi connectivity index (χ4v) is 3.23. The highest BCUT2D eigenvalue weighted by Gasteiger charge is 2.21. The largest absolute Gasteiger partial charge is 0.337 e. The van der Waals surface area contributed by atoms with Crippen LogP contribution in [0.5, 0.6) is 0 Å². The van der Waals surface area contributed by atoms with Crippen LogP contribution in [0.25, 0.3) is 11.3 Å². The third-order valence-corrected chi connectivity index (χ3v) is 4.16. The summed E-state index contributed by atoms with van der Waals surface area (Å²) in [4.78, 5) is 5.59. The van der Waals surface area contributed by atoms with Gasteiger partial charge in [-0.15, -0.1) is 0 Å². The maximum atomic E-state index is 5.48. The van der Waals surface area contributed by atoms with Gasteiger partial charge in [0.05, 0.1) is 5.69 Å². The molecule has 1 aliphatic heterocycles. The number of H-pyrrole nitrogens is 1. The topological polar surface area (TPSA) is 24.0 Å². The second-order valence-corrected chi connectivity index (χ2v) is 5.66. The summed E-state index contributed by atoms with van der Waals surface area (Å²) in [6.45, 7) is 2.26. The number of hydrogen-bond acceptors (Lipinski definition) is 2. The minimum Gasteiger partial charge on any atom is -0.337 e. The van der Waals surface area contributed by atoms with Crippen molar-refractivity contribution >= 4 is 12.2 Å². The molecule has 0 saturated carbocycles. The Kier molecular flexibility index (Phi) is 3.53. The molecule has 19 heavy (non-hydrogen) atoms. The Morgan fingerprint density at radius 3 is 2.79 bits per heavy atom. The van der Waals surface area contributed by atoms with Crippen molar-refractivity contribution in [2.45, 2.75) is 18.9 Å². The molecule has 1 aliphatic rings. The molecule has 1 fully saturated rings. The zero-order valence-corrected chi connectivity index (χ0v) is 12.0. The Morgan fingerprint density at radius 1 is 1.26 bits per heavy atom. The molecule has 1 unspecified atom stereocenters. The Balaban J connectivity index is 2.02. The van der Waals surface area contributed by atoms with Crippen LogP contribution in [0.3, 0.4) is 0 Å². The number of rotatable bonds is 2. The van der Waals surface area contributed by atoms with Gasteiger partial charge in [-0.05, 0) is 44.2 Å². The van der Waals surface area contributed by atoms with Gasteiger partial charge in [0.1, 0.15) is 0 Å². The van der Waals surface area contributed by atoms with Crippen molar-refractivity contribution in [3.05, 3.63) is 41.3 Å². The van der Waals surface area contributed by atoms with Crippen molar-refractivity contribution < 1.29 is 0 Å². The average Bonchev–Trinajstić information content (AvgIpc) is 2.82. The van der Waals surface area contributed by atoms with Gasteiger partial charge >= 0.3 is 0 Å². The highest BCUT2D eigenvalue weighted by Crippen LogP contribution is 2.28. The number of nitrogens with one attached hydrogen (secondary N) is 1. The molecule has 4 heteroatoms. The molecule has 100 valence electrons. The van der Waals surface area contributed by atoms with Crippen LogP contribution >= 0.6 is 12.2 Å². The lowest BCUT2D eigenvalue weighted by Gasteiger charge is -2.31. The van der Waals surface area contributed by atoms with Crippen LogP contribution in [0, 0.1) is 4.77 Å². The third kappa shape index (κ3) is 2.51. The minimum atomic E-state index is 0.479. The van der Waals surface area contributed by atoms with Gasteiger partial charge in [-0.1, -0.05) is 30.3 Å². The quantitative estimate of drug-likeness (QED) is 0.847. The van der Waals surface area contributed by atoms with Gasteiger partial charge in [0.2, 0.25) is 0 Å². The Hall–Kier alpha value is -1.39. The zero-order chi connectivity index (χ0) is 13.2. The highest BCUT2D eigenvalue weighted by molar-refractivity contribution is 7.71. The normalized spacial score (nSPS) is 20.6. The molecule has 2 aromatic rings. The van der Waals surface area contributed by atoms with E-state index >= 15 is 0 Å². The lowest BCUT2D eigenvalue weighted by Crippen LogP contribution is -2.33. The number of benzene rings is 1. The first-order chi connectivity index (χ1) is 9.25. The number of nitrogens with zero attached hydrogens (tertiary/aromatic N) is 2. The van der Waals surface area contributed by atoms with Crippen LogP contribution in [-0.4, -0.2) is 34.6 Å². The van der Waals surface area contributed by atoms with Gasteiger partial charge in [-0.3, -0.25) is 0 Å². The van der Waals surface area contributed by atoms with Crippen LogP contribution in [0.4, 0.5) is 0 Å². The predicted molar refractivity (Wildman–Crippen MR) is 80.8 cm³/mol. The lowest BCUT2D eigenvalue weighted by molar-refractivity contribution is 0.212. The van der Waals surface area contributed by atoms with E-state index in [0.717, 1.165) is 11.3 Å². The van der Waals surface area contributed by atoms with Crippen LogP contribution < -0.4 is 0 Å². The number of likely N-dealkylation sites (N-methyl/N-ethyl adjacent to an activating group) is 1. The summed E-state index contributed by atoms with van der Waals surface area (Å²) in [6.07, 6.45) is 4.48. The molecule has 1 aromatic heterocycles. The predicted octanol–water partition coefficient (Wildman–Crippen LogP) is 3.48. The first kappa shape index (κ1) is 12.6. The monoisotopic (exact) mass is 273 g/mol. The molecule has 3 nitrogen and oxygen atoms in total. The Labute approximate surface area is 118 Å². The molecule has 1 N–H and O–H groups in total. The second-order valence-electron chi connectivity index (χ2n) is 5.27. The summed E-state index contributed by atoms with van der Waals surface area (Å²) < 4.78 is 3.12. The lowest BCUT2D eigenvalue weighted by atomic mass is 10.0. The first-order valence-electron chi connectivity index (χ1n) is 6.79. The van der Waals surface area contributed by atoms with Crippen molar-refractivity contribution in [2.24, 2.45) is 0 Å². The van der Waals surface area contributed by atoms with E-state index < -0.39 is 0 Å². The van der Waals surface area contributed by atoms with Crippen molar-refractivity contribution in [3.8, 4) is 11.3 Å². The minimum absolute atomic E-state index is 0.479. The molecule has 3 rings (SSSR count). The number of aromatic nitrogens is 2. The van der Waals surface area contributed by atoms with Crippen LogP contribution in [0.2, 0.25) is 0 Å². The summed E-state index contributed by atoms with van der Waals surface area (Å²) in [6, 6.07) is 10.9. The summed E-state index contributed by atoms with van der Waals surface area (Å²) >= 11 is 5.48. The van der Waals surface area contributed by atoms with Gasteiger partial charge in [-0.2, -0.15) is 0 Å². The molecule has 0 bridgehead atoms. The molecule has 0 amide bonds. The van der Waals surface area contributed by atoms with Crippen molar-refractivity contribution in [1.29, 1.82) is 0 Å². The fourth-order valence-electron chi connectivity index (χ4n) is 2.92. The molecule has 1 atom stereocenters. The number of hydrogen-bond donors (Lipinski definition) is 1. The van der Waals surface area contributed by atoms with E-state index in [0.29, 0.717) is 6.04 Å². The van der Waals surface area contributed by atoms with Gasteiger partial charge in [0, 0.05) is 18.8 Å². The number of likely N-dealkylation sites (tertiary alicyclic amines) is 1. The molecular formula is C15H19N3S. The molecular weight excluding hydrogens is 254 g/mol. The van der Waals surface area contributed by atoms with Crippen LogP contribution in [0.1, 0.15) is 18.9 Å². The van der Waals surface area contributed by atoms with E-state index in [9.17, 15) is 0 Å². The van der Waals surface area contributed by atoms with Crippen molar-refractivity contribution in [2.75, 3.05) is 20.1 Å². The molecule has 1 saturated heterocycles. The summed E-state index contributed by atoms with van der Waals surface area (Å²) in [5, 5.41) is 0. The van der Waals surface area contributed by atoms with Gasteiger partial charge in [0.15, 0.2) is 4.77 Å². The van der Waals surface area contributed by atoms with E-state index in [4.69, 9.17) is 12.2 Å². The number of aromatic amines is 1. The molecule has 2 heterocycles. The van der Waals surface area contributed by atoms with Gasteiger partial charge < -0.3 is 14.5 Å². The number of piperidine rings is 1. The van der Waals surface area contributed by atoms with Crippen molar-refractivity contribution in [1.82, 2.24) is 14.5 Å². The SMILES string of the molecule is CN1CCCC(n2c(-c3ccccc3)c[nH]c2=S)C1. The summed E-state index contributed by atoms with van der Waals surface area (Å²) in [5.74, 6) is 0. The number of imidazole rings is 1. The van der Waals surface area contributed by atoms with E-state index in [1.54, 1.807) is 0 Å². The summed E-state index contributed by atoms with van der Waals surface area (Å²) in [7, 11) is 2.19. The van der Waals surface area contributed by atoms with E-state index in [-0.39, 0.29) is 0 Å². The van der Waals surface area contributed by atoms with E-state index in [1.807, 2.05) is 12.3 Å². The molecule has 1 aromatic carbocycles. The van der Waals surface area contributed by atoms with Crippen molar-refractivity contribution in [3.63, 3.8) is 0 Å². The second kappa shape index (κ2) is 5.31. The van der Waals surface area contributed by atoms with Crippen LogP contribution in [0.15, 0.2) is 36.5 Å². The molecule has 0 aliphatic carbocycles. The standard InChI is InChI=1S/C15H19N3S/c1-17-9-5-8-13(11-17)18-14(10-16-15(18)19)12-6-3-2-4-7-12/h2-4,6-7,10,13H,5,8-9,11H2,1H3,(H,16,19). The fraction of sp³-hybridized carbons (Fsp3) is 0.400. The Morgan fingerprint density at radius 2 is 2.05 bits per heavy atom. The molecule has 0 radical (unpaired) electrons. The van der Waals surface area contributed by atoms with E-state index in [1.165, 1.54) is 30.6 Å². The smallest absolute Gasteiger partial charge is 0.177 e. The Bertz CT molecular complexity index is 599. The highest BCUT2D eigenvalue weighted by atomic mass is 32.1. The average molecular weight is 273 g/mol. The van der Waals surface area contributed by atoms with Gasteiger partial charge in [-0.25, -0.2) is 0 Å². The third-order valence-electron chi connectivity index (χ3n) is 3.85. The maximum absolute atomic E-state index is 5.48. The molecule has 0 spiro atoms. The van der Waals surface area contributed by atoms with Crippen LogP contribution in [-0.2, 0) is 0 Å². The summed E-state index contributed by atoms with van der Waals surface area (Å²) in [5.41, 5.74) is 2.42. The zero-order valence-electron chi connectivity index (χ0n) is 11.2. The van der Waals surface area contributed by atoms with E-state index in [2.05, 4.69) is 45.8 Å².